The smallest absolute Gasteiger partial charge is 0.305 e. The van der Waals surface area contributed by atoms with Crippen LogP contribution in [0.3, 0.4) is 0 Å². The van der Waals surface area contributed by atoms with Gasteiger partial charge in [0.2, 0.25) is 0 Å². The second-order valence-corrected chi connectivity index (χ2v) is 4.80. The molecule has 1 rings (SSSR count). The number of hydrogen-bond acceptors (Lipinski definition) is 3. The first-order valence-electron chi connectivity index (χ1n) is 6.25. The molecule has 1 saturated heterocycles. The van der Waals surface area contributed by atoms with Crippen molar-refractivity contribution in [2.75, 3.05) is 26.7 Å². The van der Waals surface area contributed by atoms with Crippen LogP contribution < -0.4 is 5.32 Å². The van der Waals surface area contributed by atoms with Crippen LogP contribution in [0.2, 0.25) is 0 Å². The summed E-state index contributed by atoms with van der Waals surface area (Å²) in [5.41, 5.74) is -0.186. The molecule has 1 atom stereocenters. The van der Waals surface area contributed by atoms with Gasteiger partial charge in [-0.15, -0.1) is 0 Å². The summed E-state index contributed by atoms with van der Waals surface area (Å²) in [6, 6.07) is 0. The number of carboxylic acid groups (broad SMARTS) is 1. The van der Waals surface area contributed by atoms with Gasteiger partial charge < -0.3 is 15.3 Å². The Morgan fingerprint density at radius 3 is 2.75 bits per heavy atom. The monoisotopic (exact) mass is 228 g/mol. The van der Waals surface area contributed by atoms with Gasteiger partial charge >= 0.3 is 5.97 Å². The van der Waals surface area contributed by atoms with Crippen LogP contribution in [0.5, 0.6) is 0 Å². The summed E-state index contributed by atoms with van der Waals surface area (Å²) in [7, 11) is 1.89. The summed E-state index contributed by atoms with van der Waals surface area (Å²) in [5, 5.41) is 12.2. The Kier molecular flexibility index (Phi) is 5.22. The fraction of sp³-hybridized carbons (Fsp3) is 0.917. The van der Waals surface area contributed by atoms with Crippen molar-refractivity contribution in [1.82, 2.24) is 10.2 Å². The van der Waals surface area contributed by atoms with E-state index in [2.05, 4.69) is 17.1 Å². The second-order valence-electron chi connectivity index (χ2n) is 4.80. The molecule has 0 aliphatic carbocycles. The molecule has 0 saturated carbocycles. The van der Waals surface area contributed by atoms with Crippen molar-refractivity contribution >= 4 is 5.97 Å². The van der Waals surface area contributed by atoms with E-state index in [9.17, 15) is 4.79 Å². The molecular formula is C12H24N2O2. The van der Waals surface area contributed by atoms with Crippen LogP contribution in [0.1, 0.15) is 39.0 Å². The highest BCUT2D eigenvalue weighted by Crippen LogP contribution is 2.25. The lowest BCUT2D eigenvalue weighted by Crippen LogP contribution is -2.45. The molecule has 16 heavy (non-hydrogen) atoms. The Balaban J connectivity index is 2.57. The number of nitrogens with one attached hydrogen (secondary N) is 1. The van der Waals surface area contributed by atoms with Crippen LogP contribution in [0, 0.1) is 0 Å². The Hall–Kier alpha value is -0.610. The highest BCUT2D eigenvalue weighted by atomic mass is 16.4. The van der Waals surface area contributed by atoms with Crippen molar-refractivity contribution in [3.63, 3.8) is 0 Å². The predicted octanol–water partition coefficient (Wildman–Crippen LogP) is 1.32. The number of likely N-dealkylation sites (tertiary alicyclic amines) is 1. The molecular weight excluding hydrogens is 204 g/mol. The van der Waals surface area contributed by atoms with Gasteiger partial charge in [0, 0.05) is 5.54 Å². The fourth-order valence-electron chi connectivity index (χ4n) is 2.59. The summed E-state index contributed by atoms with van der Waals surface area (Å²) >= 11 is 0. The molecule has 2 N–H and O–H groups in total. The Morgan fingerprint density at radius 1 is 1.44 bits per heavy atom. The highest BCUT2D eigenvalue weighted by Gasteiger charge is 2.32. The normalized spacial score (nSPS) is 27.6. The lowest BCUT2D eigenvalue weighted by Gasteiger charge is -2.31. The third-order valence-corrected chi connectivity index (χ3v) is 3.60. The molecule has 1 aliphatic rings. The van der Waals surface area contributed by atoms with Gasteiger partial charge in [0.1, 0.15) is 0 Å². The lowest BCUT2D eigenvalue weighted by atomic mass is 9.87. The van der Waals surface area contributed by atoms with E-state index in [-0.39, 0.29) is 12.0 Å². The average Bonchev–Trinajstić information content (AvgIpc) is 2.42. The zero-order chi connectivity index (χ0) is 12.0. The first kappa shape index (κ1) is 13.5. The molecule has 0 aromatic heterocycles. The summed E-state index contributed by atoms with van der Waals surface area (Å²) < 4.78 is 0. The van der Waals surface area contributed by atoms with Crippen LogP contribution in [0.4, 0.5) is 0 Å². The van der Waals surface area contributed by atoms with E-state index in [1.165, 1.54) is 6.42 Å². The van der Waals surface area contributed by atoms with E-state index in [4.69, 9.17) is 5.11 Å². The number of aliphatic carboxylic acids is 1. The van der Waals surface area contributed by atoms with Crippen molar-refractivity contribution < 1.29 is 9.90 Å². The van der Waals surface area contributed by atoms with Crippen molar-refractivity contribution in [2.45, 2.75) is 44.6 Å². The highest BCUT2D eigenvalue weighted by molar-refractivity contribution is 5.68. The largest absolute Gasteiger partial charge is 0.481 e. The summed E-state index contributed by atoms with van der Waals surface area (Å²) in [5.74, 6) is -0.696. The van der Waals surface area contributed by atoms with Crippen molar-refractivity contribution in [2.24, 2.45) is 0 Å². The topological polar surface area (TPSA) is 52.6 Å². The molecule has 1 aliphatic heterocycles. The van der Waals surface area contributed by atoms with E-state index < -0.39 is 5.97 Å². The molecule has 0 spiro atoms. The van der Waals surface area contributed by atoms with Gasteiger partial charge in [-0.1, -0.05) is 6.92 Å². The molecule has 0 amide bonds. The standard InChI is InChI=1S/C12H24N2O2/c1-3-7-14-8-4-5-12(13-2,6-9-14)10-11(15)16/h13H,3-10H2,1-2H3,(H,15,16). The van der Waals surface area contributed by atoms with Crippen LogP contribution in [-0.4, -0.2) is 48.2 Å². The summed E-state index contributed by atoms with van der Waals surface area (Å²) in [4.78, 5) is 13.3. The maximum Gasteiger partial charge on any atom is 0.305 e. The predicted molar refractivity (Wildman–Crippen MR) is 64.6 cm³/mol. The molecule has 94 valence electrons. The molecule has 4 nitrogen and oxygen atoms in total. The molecule has 4 heteroatoms. The number of hydrogen-bond donors (Lipinski definition) is 2. The number of rotatable bonds is 5. The maximum absolute atomic E-state index is 10.9. The van der Waals surface area contributed by atoms with Crippen molar-refractivity contribution in [3.8, 4) is 0 Å². The zero-order valence-corrected chi connectivity index (χ0v) is 10.5. The SMILES string of the molecule is CCCN1CCCC(CC(=O)O)(NC)CC1. The minimum absolute atomic E-state index is 0.186. The third kappa shape index (κ3) is 3.76. The first-order valence-corrected chi connectivity index (χ1v) is 6.25. The number of carboxylic acids is 1. The Morgan fingerprint density at radius 2 is 2.19 bits per heavy atom. The van der Waals surface area contributed by atoms with Gasteiger partial charge in [-0.25, -0.2) is 0 Å². The van der Waals surface area contributed by atoms with Gasteiger partial charge in [0.25, 0.3) is 0 Å². The van der Waals surface area contributed by atoms with Crippen LogP contribution in [0.15, 0.2) is 0 Å². The fourth-order valence-corrected chi connectivity index (χ4v) is 2.59. The average molecular weight is 228 g/mol. The van der Waals surface area contributed by atoms with Gasteiger partial charge in [-0.2, -0.15) is 0 Å². The van der Waals surface area contributed by atoms with E-state index in [0.717, 1.165) is 38.9 Å². The summed E-state index contributed by atoms with van der Waals surface area (Å²) in [6.45, 7) is 5.44. The number of carbonyl (C=O) groups is 1. The molecule has 1 fully saturated rings. The molecule has 0 aromatic carbocycles. The van der Waals surface area contributed by atoms with Gasteiger partial charge in [0.15, 0.2) is 0 Å². The summed E-state index contributed by atoms with van der Waals surface area (Å²) in [6.07, 6.45) is 4.41. The minimum atomic E-state index is -0.696. The number of nitrogens with zero attached hydrogens (tertiary/aromatic N) is 1. The van der Waals surface area contributed by atoms with Gasteiger partial charge in [-0.05, 0) is 52.4 Å². The van der Waals surface area contributed by atoms with E-state index in [1.54, 1.807) is 0 Å². The van der Waals surface area contributed by atoms with Crippen molar-refractivity contribution in [1.29, 1.82) is 0 Å². The van der Waals surface area contributed by atoms with Gasteiger partial charge in [-0.3, -0.25) is 4.79 Å². The van der Waals surface area contributed by atoms with E-state index in [1.807, 2.05) is 7.05 Å². The second kappa shape index (κ2) is 6.21. The maximum atomic E-state index is 10.9. The van der Waals surface area contributed by atoms with Crippen molar-refractivity contribution in [3.05, 3.63) is 0 Å². The van der Waals surface area contributed by atoms with Crippen LogP contribution in [0.25, 0.3) is 0 Å². The van der Waals surface area contributed by atoms with E-state index >= 15 is 0 Å². The lowest BCUT2D eigenvalue weighted by molar-refractivity contribution is -0.138. The van der Waals surface area contributed by atoms with E-state index in [0.29, 0.717) is 0 Å². The molecule has 1 unspecified atom stereocenters. The quantitative estimate of drug-likeness (QED) is 0.745. The van der Waals surface area contributed by atoms with Gasteiger partial charge in [0.05, 0.1) is 6.42 Å². The van der Waals surface area contributed by atoms with Crippen LogP contribution in [-0.2, 0) is 4.79 Å². The minimum Gasteiger partial charge on any atom is -0.481 e. The Bertz CT molecular complexity index is 233. The zero-order valence-electron chi connectivity index (χ0n) is 10.5. The molecule has 1 heterocycles. The molecule has 0 radical (unpaired) electrons. The Labute approximate surface area is 98.0 Å². The molecule has 0 bridgehead atoms. The van der Waals surface area contributed by atoms with Crippen LogP contribution >= 0.6 is 0 Å². The first-order chi connectivity index (χ1) is 7.62. The third-order valence-electron chi connectivity index (χ3n) is 3.60. The molecule has 0 aromatic rings.